The third-order valence-corrected chi connectivity index (χ3v) is 4.83. The molecule has 0 radical (unpaired) electrons. The SMILES string of the molecule is CC(C)OCCS(=O)(=O)NC1CCCCCC1C(=O)O. The zero-order valence-corrected chi connectivity index (χ0v) is 13.0. The largest absolute Gasteiger partial charge is 0.481 e. The number of rotatable bonds is 7. The number of carboxylic acids is 1. The fourth-order valence-electron chi connectivity index (χ4n) is 2.43. The van der Waals surface area contributed by atoms with Gasteiger partial charge in [0.15, 0.2) is 0 Å². The van der Waals surface area contributed by atoms with Crippen molar-refractivity contribution in [3.05, 3.63) is 0 Å². The normalized spacial score (nSPS) is 24.6. The molecule has 20 heavy (non-hydrogen) atoms. The summed E-state index contributed by atoms with van der Waals surface area (Å²) in [5.74, 6) is -1.68. The van der Waals surface area contributed by atoms with Crippen molar-refractivity contribution in [2.75, 3.05) is 12.4 Å². The minimum absolute atomic E-state index is 0.0187. The molecule has 0 aromatic heterocycles. The summed E-state index contributed by atoms with van der Waals surface area (Å²) in [7, 11) is -3.50. The minimum atomic E-state index is -3.50. The molecule has 2 N–H and O–H groups in total. The van der Waals surface area contributed by atoms with E-state index in [2.05, 4.69) is 4.72 Å². The van der Waals surface area contributed by atoms with Crippen LogP contribution in [0.15, 0.2) is 0 Å². The quantitative estimate of drug-likeness (QED) is 0.693. The van der Waals surface area contributed by atoms with Crippen LogP contribution in [0.4, 0.5) is 0 Å². The molecular weight excluding hydrogens is 282 g/mol. The van der Waals surface area contributed by atoms with E-state index in [0.29, 0.717) is 12.8 Å². The Kier molecular flexibility index (Phi) is 6.91. The van der Waals surface area contributed by atoms with Crippen molar-refractivity contribution < 1.29 is 23.1 Å². The van der Waals surface area contributed by atoms with Gasteiger partial charge in [0.2, 0.25) is 10.0 Å². The second-order valence-corrected chi connectivity index (χ2v) is 7.42. The highest BCUT2D eigenvalue weighted by molar-refractivity contribution is 7.89. The highest BCUT2D eigenvalue weighted by Crippen LogP contribution is 2.24. The maximum atomic E-state index is 12.0. The van der Waals surface area contributed by atoms with E-state index in [1.165, 1.54) is 0 Å². The topological polar surface area (TPSA) is 92.7 Å². The first-order valence-corrected chi connectivity index (χ1v) is 8.81. The molecule has 0 aromatic carbocycles. The molecule has 6 nitrogen and oxygen atoms in total. The number of hydrogen-bond donors (Lipinski definition) is 2. The van der Waals surface area contributed by atoms with E-state index in [4.69, 9.17) is 4.74 Å². The van der Waals surface area contributed by atoms with Crippen molar-refractivity contribution in [3.63, 3.8) is 0 Å². The van der Waals surface area contributed by atoms with Gasteiger partial charge in [-0.3, -0.25) is 4.79 Å². The molecule has 0 spiro atoms. The van der Waals surface area contributed by atoms with Crippen LogP contribution in [0.3, 0.4) is 0 Å². The lowest BCUT2D eigenvalue weighted by Gasteiger charge is -2.22. The predicted molar refractivity (Wildman–Crippen MR) is 76.0 cm³/mol. The van der Waals surface area contributed by atoms with Crippen molar-refractivity contribution >= 4 is 16.0 Å². The lowest BCUT2D eigenvalue weighted by molar-refractivity contribution is -0.142. The van der Waals surface area contributed by atoms with Gasteiger partial charge in [-0.05, 0) is 26.7 Å². The smallest absolute Gasteiger partial charge is 0.308 e. The molecule has 1 aliphatic carbocycles. The van der Waals surface area contributed by atoms with Crippen molar-refractivity contribution in [2.24, 2.45) is 5.92 Å². The van der Waals surface area contributed by atoms with Crippen LogP contribution < -0.4 is 4.72 Å². The number of carboxylic acid groups (broad SMARTS) is 1. The number of carbonyl (C=O) groups is 1. The molecular formula is C13H25NO5S. The highest BCUT2D eigenvalue weighted by Gasteiger charge is 2.32. The lowest BCUT2D eigenvalue weighted by Crippen LogP contribution is -2.44. The van der Waals surface area contributed by atoms with E-state index in [1.807, 2.05) is 13.8 Å². The monoisotopic (exact) mass is 307 g/mol. The second kappa shape index (κ2) is 7.95. The minimum Gasteiger partial charge on any atom is -0.481 e. The highest BCUT2D eigenvalue weighted by atomic mass is 32.2. The first-order chi connectivity index (χ1) is 9.32. The fourth-order valence-corrected chi connectivity index (χ4v) is 3.60. The fraction of sp³-hybridized carbons (Fsp3) is 0.923. The molecule has 0 saturated heterocycles. The average Bonchev–Trinajstić information content (AvgIpc) is 2.52. The van der Waals surface area contributed by atoms with Gasteiger partial charge in [-0.25, -0.2) is 13.1 Å². The molecule has 0 aromatic rings. The van der Waals surface area contributed by atoms with Crippen LogP contribution in [-0.4, -0.2) is 44.0 Å². The average molecular weight is 307 g/mol. The Morgan fingerprint density at radius 1 is 1.30 bits per heavy atom. The summed E-state index contributed by atoms with van der Waals surface area (Å²) >= 11 is 0. The molecule has 0 bridgehead atoms. The van der Waals surface area contributed by atoms with Gasteiger partial charge in [-0.1, -0.05) is 19.3 Å². The van der Waals surface area contributed by atoms with E-state index in [1.54, 1.807) is 0 Å². The first kappa shape index (κ1) is 17.4. The van der Waals surface area contributed by atoms with Crippen molar-refractivity contribution in [2.45, 2.75) is 58.1 Å². The molecule has 0 aliphatic heterocycles. The third-order valence-electron chi connectivity index (χ3n) is 3.47. The van der Waals surface area contributed by atoms with Crippen LogP contribution in [-0.2, 0) is 19.6 Å². The molecule has 2 unspecified atom stereocenters. The van der Waals surface area contributed by atoms with Crippen LogP contribution >= 0.6 is 0 Å². The number of nitrogens with one attached hydrogen (secondary N) is 1. The Bertz CT molecular complexity index is 407. The molecule has 1 aliphatic rings. The maximum Gasteiger partial charge on any atom is 0.308 e. The van der Waals surface area contributed by atoms with Gasteiger partial charge < -0.3 is 9.84 Å². The van der Waals surface area contributed by atoms with Gasteiger partial charge in [-0.15, -0.1) is 0 Å². The van der Waals surface area contributed by atoms with E-state index in [9.17, 15) is 18.3 Å². The van der Waals surface area contributed by atoms with Gasteiger partial charge in [0, 0.05) is 6.04 Å². The molecule has 0 amide bonds. The van der Waals surface area contributed by atoms with Crippen LogP contribution in [0.5, 0.6) is 0 Å². The number of hydrogen-bond acceptors (Lipinski definition) is 4. The summed E-state index contributed by atoms with van der Waals surface area (Å²) in [6, 6.07) is -0.501. The Morgan fingerprint density at radius 2 is 1.95 bits per heavy atom. The number of sulfonamides is 1. The lowest BCUT2D eigenvalue weighted by atomic mass is 9.96. The Morgan fingerprint density at radius 3 is 2.55 bits per heavy atom. The standard InChI is InChI=1S/C13H25NO5S/c1-10(2)19-8-9-20(17,18)14-12-7-5-3-4-6-11(12)13(15)16/h10-12,14H,3-9H2,1-2H3,(H,15,16). The molecule has 1 fully saturated rings. The second-order valence-electron chi connectivity index (χ2n) is 5.55. The summed E-state index contributed by atoms with van der Waals surface area (Å²) in [5.41, 5.74) is 0. The third kappa shape index (κ3) is 6.19. The van der Waals surface area contributed by atoms with Crippen molar-refractivity contribution in [1.82, 2.24) is 4.72 Å². The molecule has 0 heterocycles. The van der Waals surface area contributed by atoms with Gasteiger partial charge in [0.1, 0.15) is 0 Å². The van der Waals surface area contributed by atoms with Gasteiger partial charge in [0.05, 0.1) is 24.4 Å². The summed E-state index contributed by atoms with van der Waals surface area (Å²) < 4.78 is 31.7. The van der Waals surface area contributed by atoms with Crippen molar-refractivity contribution in [3.8, 4) is 0 Å². The Balaban J connectivity index is 2.60. The number of aliphatic carboxylic acids is 1. The first-order valence-electron chi connectivity index (χ1n) is 7.16. The predicted octanol–water partition coefficient (Wildman–Crippen LogP) is 1.36. The van der Waals surface area contributed by atoms with Crippen LogP contribution in [0.2, 0.25) is 0 Å². The summed E-state index contributed by atoms with van der Waals surface area (Å²) in [6.45, 7) is 3.80. The Hall–Kier alpha value is -0.660. The summed E-state index contributed by atoms with van der Waals surface area (Å²) in [6.07, 6.45) is 3.75. The van der Waals surface area contributed by atoms with Crippen LogP contribution in [0, 0.1) is 5.92 Å². The van der Waals surface area contributed by atoms with E-state index < -0.39 is 28.0 Å². The van der Waals surface area contributed by atoms with Crippen LogP contribution in [0.1, 0.15) is 46.0 Å². The maximum absolute atomic E-state index is 12.0. The molecule has 1 saturated carbocycles. The van der Waals surface area contributed by atoms with Crippen LogP contribution in [0.25, 0.3) is 0 Å². The molecule has 7 heteroatoms. The van der Waals surface area contributed by atoms with Gasteiger partial charge in [-0.2, -0.15) is 0 Å². The zero-order chi connectivity index (χ0) is 15.2. The molecule has 1 rings (SSSR count). The zero-order valence-electron chi connectivity index (χ0n) is 12.2. The summed E-state index contributed by atoms with van der Waals surface area (Å²) in [5, 5.41) is 9.22. The van der Waals surface area contributed by atoms with Gasteiger partial charge in [0.25, 0.3) is 0 Å². The Labute approximate surface area is 120 Å². The summed E-state index contributed by atoms with van der Waals surface area (Å²) in [4.78, 5) is 11.2. The van der Waals surface area contributed by atoms with E-state index in [-0.39, 0.29) is 18.5 Å². The number of ether oxygens (including phenoxy) is 1. The molecule has 2 atom stereocenters. The van der Waals surface area contributed by atoms with Crippen molar-refractivity contribution in [1.29, 1.82) is 0 Å². The molecule has 118 valence electrons. The van der Waals surface area contributed by atoms with E-state index in [0.717, 1.165) is 19.3 Å². The van der Waals surface area contributed by atoms with Gasteiger partial charge >= 0.3 is 5.97 Å². The van der Waals surface area contributed by atoms with E-state index >= 15 is 0 Å².